The van der Waals surface area contributed by atoms with Crippen LogP contribution in [0.2, 0.25) is 0 Å². The van der Waals surface area contributed by atoms with Gasteiger partial charge in [-0.05, 0) is 24.7 Å². The average Bonchev–Trinajstić information content (AvgIpc) is 2.93. The molecule has 0 bridgehead atoms. The molecule has 0 radical (unpaired) electrons. The standard InChI is InChI=1S/C14H20N4O/c1-4-18(3)14-16-13(19-17-14)10-12(15-2)11-8-6-5-7-9-11/h5-9,12,15H,4,10H2,1-3H3. The lowest BCUT2D eigenvalue weighted by molar-refractivity contribution is 0.362. The van der Waals surface area contributed by atoms with E-state index in [0.717, 1.165) is 6.54 Å². The largest absolute Gasteiger partial charge is 0.342 e. The van der Waals surface area contributed by atoms with Gasteiger partial charge in [0, 0.05) is 26.1 Å². The Morgan fingerprint density at radius 1 is 1.32 bits per heavy atom. The molecule has 0 spiro atoms. The molecule has 0 fully saturated rings. The van der Waals surface area contributed by atoms with Gasteiger partial charge in [0.25, 0.3) is 5.95 Å². The monoisotopic (exact) mass is 260 g/mol. The number of hydrogen-bond acceptors (Lipinski definition) is 5. The molecule has 5 nitrogen and oxygen atoms in total. The smallest absolute Gasteiger partial charge is 0.265 e. The fourth-order valence-corrected chi connectivity index (χ4v) is 1.87. The molecule has 1 aromatic heterocycles. The maximum atomic E-state index is 5.30. The summed E-state index contributed by atoms with van der Waals surface area (Å²) in [5.41, 5.74) is 1.22. The zero-order valence-electron chi connectivity index (χ0n) is 11.6. The van der Waals surface area contributed by atoms with E-state index in [-0.39, 0.29) is 6.04 Å². The molecule has 0 saturated carbocycles. The topological polar surface area (TPSA) is 54.2 Å². The lowest BCUT2D eigenvalue weighted by Crippen LogP contribution is -2.19. The lowest BCUT2D eigenvalue weighted by atomic mass is 10.0. The molecule has 0 aliphatic carbocycles. The number of anilines is 1. The Labute approximate surface area is 113 Å². The highest BCUT2D eigenvalue weighted by Gasteiger charge is 2.15. The van der Waals surface area contributed by atoms with Gasteiger partial charge >= 0.3 is 0 Å². The van der Waals surface area contributed by atoms with E-state index in [9.17, 15) is 0 Å². The zero-order chi connectivity index (χ0) is 13.7. The number of rotatable bonds is 6. The van der Waals surface area contributed by atoms with Gasteiger partial charge in [0.1, 0.15) is 0 Å². The molecule has 1 N–H and O–H groups in total. The molecule has 5 heteroatoms. The molecule has 0 aliphatic heterocycles. The minimum absolute atomic E-state index is 0.182. The lowest BCUT2D eigenvalue weighted by Gasteiger charge is -2.14. The second kappa shape index (κ2) is 6.33. The van der Waals surface area contributed by atoms with Crippen LogP contribution in [0, 0.1) is 0 Å². The molecular formula is C14H20N4O. The van der Waals surface area contributed by atoms with E-state index in [4.69, 9.17) is 4.52 Å². The van der Waals surface area contributed by atoms with E-state index in [1.54, 1.807) is 0 Å². The molecule has 1 unspecified atom stereocenters. The second-order valence-electron chi connectivity index (χ2n) is 4.46. The van der Waals surface area contributed by atoms with Crippen LogP contribution in [0.4, 0.5) is 5.95 Å². The van der Waals surface area contributed by atoms with Crippen molar-refractivity contribution in [3.63, 3.8) is 0 Å². The molecule has 2 aromatic rings. The van der Waals surface area contributed by atoms with Crippen molar-refractivity contribution in [1.29, 1.82) is 0 Å². The highest BCUT2D eigenvalue weighted by molar-refractivity contribution is 5.26. The van der Waals surface area contributed by atoms with E-state index >= 15 is 0 Å². The van der Waals surface area contributed by atoms with Crippen molar-refractivity contribution in [2.24, 2.45) is 0 Å². The molecule has 0 saturated heterocycles. The van der Waals surface area contributed by atoms with Crippen molar-refractivity contribution in [2.45, 2.75) is 19.4 Å². The first-order valence-electron chi connectivity index (χ1n) is 6.50. The van der Waals surface area contributed by atoms with E-state index in [1.807, 2.05) is 37.2 Å². The first kappa shape index (κ1) is 13.5. The molecule has 102 valence electrons. The van der Waals surface area contributed by atoms with E-state index < -0.39 is 0 Å². The number of benzene rings is 1. The van der Waals surface area contributed by atoms with E-state index in [0.29, 0.717) is 18.3 Å². The minimum Gasteiger partial charge on any atom is -0.342 e. The molecule has 0 amide bonds. The first-order valence-corrected chi connectivity index (χ1v) is 6.50. The van der Waals surface area contributed by atoms with Crippen molar-refractivity contribution in [2.75, 3.05) is 25.5 Å². The summed E-state index contributed by atoms with van der Waals surface area (Å²) in [6.07, 6.45) is 0.686. The van der Waals surface area contributed by atoms with Gasteiger partial charge in [-0.15, -0.1) is 0 Å². The first-order chi connectivity index (χ1) is 9.24. The van der Waals surface area contributed by atoms with Crippen molar-refractivity contribution in [3.05, 3.63) is 41.8 Å². The number of nitrogens with zero attached hydrogens (tertiary/aromatic N) is 3. The highest BCUT2D eigenvalue weighted by atomic mass is 16.5. The fourth-order valence-electron chi connectivity index (χ4n) is 1.87. The van der Waals surface area contributed by atoms with Crippen LogP contribution in [0.3, 0.4) is 0 Å². The summed E-state index contributed by atoms with van der Waals surface area (Å²) in [5.74, 6) is 1.29. The average molecular weight is 260 g/mol. The summed E-state index contributed by atoms with van der Waals surface area (Å²) in [4.78, 5) is 6.35. The van der Waals surface area contributed by atoms with Crippen LogP contribution >= 0.6 is 0 Å². The number of likely N-dealkylation sites (N-methyl/N-ethyl adjacent to an activating group) is 1. The van der Waals surface area contributed by atoms with Gasteiger partial charge in [-0.1, -0.05) is 30.3 Å². The molecule has 0 aliphatic rings. The normalized spacial score (nSPS) is 12.4. The van der Waals surface area contributed by atoms with Crippen molar-refractivity contribution in [3.8, 4) is 0 Å². The quantitative estimate of drug-likeness (QED) is 0.861. The third-order valence-corrected chi connectivity index (χ3v) is 3.20. The Bertz CT molecular complexity index is 497. The number of aromatic nitrogens is 2. The third kappa shape index (κ3) is 3.32. The molecule has 1 heterocycles. The van der Waals surface area contributed by atoms with Gasteiger partial charge in [0.2, 0.25) is 5.89 Å². The van der Waals surface area contributed by atoms with Crippen LogP contribution in [0.15, 0.2) is 34.9 Å². The maximum absolute atomic E-state index is 5.30. The summed E-state index contributed by atoms with van der Waals surface area (Å²) in [5, 5.41) is 7.26. The second-order valence-corrected chi connectivity index (χ2v) is 4.46. The van der Waals surface area contributed by atoms with Crippen LogP contribution in [-0.2, 0) is 6.42 Å². The highest BCUT2D eigenvalue weighted by Crippen LogP contribution is 2.18. The van der Waals surface area contributed by atoms with Crippen molar-refractivity contribution >= 4 is 5.95 Å². The van der Waals surface area contributed by atoms with Crippen LogP contribution in [-0.4, -0.2) is 30.8 Å². The number of nitrogens with one attached hydrogen (secondary N) is 1. The molecule has 1 aromatic carbocycles. The van der Waals surface area contributed by atoms with E-state index in [1.165, 1.54) is 5.56 Å². The Morgan fingerprint density at radius 3 is 2.68 bits per heavy atom. The Kier molecular flexibility index (Phi) is 4.52. The Morgan fingerprint density at radius 2 is 2.05 bits per heavy atom. The SMILES string of the molecule is CCN(C)c1noc(CC(NC)c2ccccc2)n1. The fraction of sp³-hybridized carbons (Fsp3) is 0.429. The third-order valence-electron chi connectivity index (χ3n) is 3.20. The van der Waals surface area contributed by atoms with Gasteiger partial charge in [-0.3, -0.25) is 0 Å². The minimum atomic E-state index is 0.182. The van der Waals surface area contributed by atoms with Gasteiger partial charge in [0.05, 0.1) is 0 Å². The Balaban J connectivity index is 2.09. The van der Waals surface area contributed by atoms with Gasteiger partial charge in [-0.25, -0.2) is 0 Å². The van der Waals surface area contributed by atoms with Crippen molar-refractivity contribution in [1.82, 2.24) is 15.5 Å². The maximum Gasteiger partial charge on any atom is 0.265 e. The molecule has 19 heavy (non-hydrogen) atoms. The molecule has 1 atom stereocenters. The van der Waals surface area contributed by atoms with Crippen LogP contribution in [0.25, 0.3) is 0 Å². The summed E-state index contributed by atoms with van der Waals surface area (Å²) < 4.78 is 5.30. The van der Waals surface area contributed by atoms with Gasteiger partial charge < -0.3 is 14.7 Å². The zero-order valence-corrected chi connectivity index (χ0v) is 11.6. The van der Waals surface area contributed by atoms with Crippen LogP contribution in [0.1, 0.15) is 24.4 Å². The van der Waals surface area contributed by atoms with E-state index in [2.05, 4.69) is 34.5 Å². The van der Waals surface area contributed by atoms with Crippen LogP contribution < -0.4 is 10.2 Å². The summed E-state index contributed by atoms with van der Waals surface area (Å²) in [6, 6.07) is 10.4. The summed E-state index contributed by atoms with van der Waals surface area (Å²) in [6.45, 7) is 2.91. The Hall–Kier alpha value is -1.88. The summed E-state index contributed by atoms with van der Waals surface area (Å²) in [7, 11) is 3.88. The van der Waals surface area contributed by atoms with Crippen molar-refractivity contribution < 1.29 is 4.52 Å². The van der Waals surface area contributed by atoms with Gasteiger partial charge in [-0.2, -0.15) is 4.98 Å². The van der Waals surface area contributed by atoms with Gasteiger partial charge in [0.15, 0.2) is 0 Å². The molecular weight excluding hydrogens is 240 g/mol. The summed E-state index contributed by atoms with van der Waals surface area (Å²) >= 11 is 0. The molecule has 2 rings (SSSR count). The predicted octanol–water partition coefficient (Wildman–Crippen LogP) is 2.03. The number of hydrogen-bond donors (Lipinski definition) is 1. The van der Waals surface area contributed by atoms with Crippen LogP contribution in [0.5, 0.6) is 0 Å². The predicted molar refractivity (Wildman–Crippen MR) is 75.2 cm³/mol.